The van der Waals surface area contributed by atoms with Crippen molar-refractivity contribution >= 4 is 23.0 Å². The van der Waals surface area contributed by atoms with Crippen molar-refractivity contribution in [2.24, 2.45) is 0 Å². The first-order chi connectivity index (χ1) is 9.41. The molecule has 2 amide bonds. The van der Waals surface area contributed by atoms with Gasteiger partial charge in [0, 0.05) is 39.8 Å². The summed E-state index contributed by atoms with van der Waals surface area (Å²) in [6.45, 7) is 0. The van der Waals surface area contributed by atoms with E-state index < -0.39 is 6.09 Å². The topological polar surface area (TPSA) is 54.8 Å². The second kappa shape index (κ2) is 5.24. The first kappa shape index (κ1) is 13.9. The minimum atomic E-state index is -0.454. The number of carbonyl (C=O) groups excluding carboxylic acids is 2. The highest BCUT2D eigenvalue weighted by Gasteiger charge is 2.15. The molecule has 2 aromatic rings. The molecular formula is C14H17N3O3. The average Bonchev–Trinajstić information content (AvgIpc) is 2.82. The van der Waals surface area contributed by atoms with Crippen molar-refractivity contribution in [2.45, 2.75) is 0 Å². The molecule has 0 aliphatic heterocycles. The molecule has 6 heteroatoms. The van der Waals surface area contributed by atoms with E-state index in [1.54, 1.807) is 52.6 Å². The molecule has 0 unspecified atom stereocenters. The van der Waals surface area contributed by atoms with Crippen LogP contribution in [0.15, 0.2) is 30.5 Å². The molecule has 1 aromatic heterocycles. The van der Waals surface area contributed by atoms with Crippen LogP contribution in [0.5, 0.6) is 5.75 Å². The quantitative estimate of drug-likeness (QED) is 0.802. The number of aromatic nitrogens is 1. The molecule has 0 saturated heterocycles. The van der Waals surface area contributed by atoms with Crippen molar-refractivity contribution < 1.29 is 14.3 Å². The molecule has 0 fully saturated rings. The minimum Gasteiger partial charge on any atom is -0.409 e. The Morgan fingerprint density at radius 2 is 1.75 bits per heavy atom. The largest absolute Gasteiger partial charge is 0.414 e. The van der Waals surface area contributed by atoms with Crippen molar-refractivity contribution in [3.05, 3.63) is 30.5 Å². The number of amides is 2. The third-order valence-corrected chi connectivity index (χ3v) is 2.84. The zero-order valence-electron chi connectivity index (χ0n) is 12.0. The summed E-state index contributed by atoms with van der Waals surface area (Å²) in [5, 5.41) is 0.720. The van der Waals surface area contributed by atoms with Crippen LogP contribution in [0.2, 0.25) is 0 Å². The lowest BCUT2D eigenvalue weighted by atomic mass is 10.2. The first-order valence-corrected chi connectivity index (χ1v) is 6.12. The van der Waals surface area contributed by atoms with E-state index in [-0.39, 0.29) is 6.03 Å². The maximum atomic E-state index is 12.0. The third-order valence-electron chi connectivity index (χ3n) is 2.84. The van der Waals surface area contributed by atoms with Gasteiger partial charge in [-0.2, -0.15) is 0 Å². The second-order valence-electron chi connectivity index (χ2n) is 4.81. The Morgan fingerprint density at radius 3 is 2.35 bits per heavy atom. The number of nitrogens with zero attached hydrogens (tertiary/aromatic N) is 3. The van der Waals surface area contributed by atoms with Crippen molar-refractivity contribution in [1.29, 1.82) is 0 Å². The Kier molecular flexibility index (Phi) is 3.65. The van der Waals surface area contributed by atoms with Crippen molar-refractivity contribution in [2.75, 3.05) is 28.2 Å². The monoisotopic (exact) mass is 275 g/mol. The number of fused-ring (bicyclic) bond motifs is 1. The number of ether oxygens (including phenoxy) is 1. The van der Waals surface area contributed by atoms with Crippen LogP contribution < -0.4 is 4.74 Å². The number of rotatable bonds is 1. The SMILES string of the molecule is CN(C)C(=O)Oc1cccc2c1ccn2C(=O)N(C)C. The lowest BCUT2D eigenvalue weighted by Gasteiger charge is -2.13. The highest BCUT2D eigenvalue weighted by atomic mass is 16.6. The molecule has 1 aromatic carbocycles. The molecule has 0 atom stereocenters. The summed E-state index contributed by atoms with van der Waals surface area (Å²) in [4.78, 5) is 26.5. The number of hydrogen-bond acceptors (Lipinski definition) is 3. The van der Waals surface area contributed by atoms with Gasteiger partial charge in [-0.3, -0.25) is 4.57 Å². The lowest BCUT2D eigenvalue weighted by molar-refractivity contribution is 0.172. The molecule has 0 aliphatic rings. The van der Waals surface area contributed by atoms with Gasteiger partial charge in [0.2, 0.25) is 0 Å². The smallest absolute Gasteiger partial charge is 0.409 e. The van der Waals surface area contributed by atoms with Crippen molar-refractivity contribution in [3.63, 3.8) is 0 Å². The summed E-state index contributed by atoms with van der Waals surface area (Å²) in [7, 11) is 6.60. The molecule has 2 rings (SSSR count). The van der Waals surface area contributed by atoms with E-state index in [2.05, 4.69) is 0 Å². The van der Waals surface area contributed by atoms with Gasteiger partial charge in [-0.05, 0) is 18.2 Å². The van der Waals surface area contributed by atoms with E-state index in [9.17, 15) is 9.59 Å². The van der Waals surface area contributed by atoms with Crippen LogP contribution in [-0.4, -0.2) is 54.7 Å². The molecule has 0 spiro atoms. The van der Waals surface area contributed by atoms with E-state index in [0.717, 1.165) is 5.39 Å². The van der Waals surface area contributed by atoms with Crippen LogP contribution in [0.4, 0.5) is 9.59 Å². The fraction of sp³-hybridized carbons (Fsp3) is 0.286. The summed E-state index contributed by atoms with van der Waals surface area (Å²) in [6.07, 6.45) is 1.21. The highest BCUT2D eigenvalue weighted by Crippen LogP contribution is 2.27. The molecule has 1 heterocycles. The Balaban J connectivity index is 2.45. The van der Waals surface area contributed by atoms with Crippen LogP contribution in [0, 0.1) is 0 Å². The minimum absolute atomic E-state index is 0.156. The van der Waals surface area contributed by atoms with Gasteiger partial charge in [0.05, 0.1) is 5.52 Å². The van der Waals surface area contributed by atoms with Gasteiger partial charge in [-0.25, -0.2) is 9.59 Å². The summed E-state index contributed by atoms with van der Waals surface area (Å²) in [5.74, 6) is 0.437. The average molecular weight is 275 g/mol. The predicted octanol–water partition coefficient (Wildman–Crippen LogP) is 2.23. The Morgan fingerprint density at radius 1 is 1.05 bits per heavy atom. The van der Waals surface area contributed by atoms with Gasteiger partial charge >= 0.3 is 12.1 Å². The lowest BCUT2D eigenvalue weighted by Crippen LogP contribution is -2.26. The second-order valence-corrected chi connectivity index (χ2v) is 4.81. The van der Waals surface area contributed by atoms with Gasteiger partial charge in [-0.1, -0.05) is 6.07 Å². The van der Waals surface area contributed by atoms with Crippen LogP contribution in [-0.2, 0) is 0 Å². The third kappa shape index (κ3) is 2.45. The van der Waals surface area contributed by atoms with E-state index in [4.69, 9.17) is 4.74 Å². The van der Waals surface area contributed by atoms with Crippen LogP contribution in [0.3, 0.4) is 0 Å². The fourth-order valence-electron chi connectivity index (χ4n) is 1.80. The van der Waals surface area contributed by atoms with Crippen LogP contribution in [0.1, 0.15) is 0 Å². The highest BCUT2D eigenvalue weighted by molar-refractivity contribution is 5.95. The maximum Gasteiger partial charge on any atom is 0.414 e. The predicted molar refractivity (Wildman–Crippen MR) is 76.1 cm³/mol. The summed E-state index contributed by atoms with van der Waals surface area (Å²) in [6, 6.07) is 6.86. The number of hydrogen-bond donors (Lipinski definition) is 0. The molecule has 0 N–H and O–H groups in total. The van der Waals surface area contributed by atoms with E-state index in [1.165, 1.54) is 14.4 Å². The van der Waals surface area contributed by atoms with Gasteiger partial charge < -0.3 is 14.5 Å². The van der Waals surface area contributed by atoms with E-state index in [0.29, 0.717) is 11.3 Å². The normalized spacial score (nSPS) is 10.4. The molecule has 106 valence electrons. The van der Waals surface area contributed by atoms with Gasteiger partial charge in [-0.15, -0.1) is 0 Å². The Labute approximate surface area is 117 Å². The van der Waals surface area contributed by atoms with E-state index >= 15 is 0 Å². The molecule has 0 aliphatic carbocycles. The van der Waals surface area contributed by atoms with E-state index in [1.807, 2.05) is 6.07 Å². The standard InChI is InChI=1S/C14H17N3O3/c1-15(2)13(18)17-9-8-10-11(17)6-5-7-12(10)20-14(19)16(3)4/h5-9H,1-4H3. The summed E-state index contributed by atoms with van der Waals surface area (Å²) < 4.78 is 6.81. The molecular weight excluding hydrogens is 258 g/mol. The first-order valence-electron chi connectivity index (χ1n) is 6.12. The van der Waals surface area contributed by atoms with Gasteiger partial charge in [0.15, 0.2) is 0 Å². The van der Waals surface area contributed by atoms with Gasteiger partial charge in [0.1, 0.15) is 5.75 Å². The maximum absolute atomic E-state index is 12.0. The molecule has 0 bridgehead atoms. The van der Waals surface area contributed by atoms with Crippen LogP contribution >= 0.6 is 0 Å². The van der Waals surface area contributed by atoms with Crippen molar-refractivity contribution in [1.82, 2.24) is 14.4 Å². The van der Waals surface area contributed by atoms with Crippen LogP contribution in [0.25, 0.3) is 10.9 Å². The molecule has 20 heavy (non-hydrogen) atoms. The molecule has 0 saturated carbocycles. The zero-order valence-corrected chi connectivity index (χ0v) is 12.0. The summed E-state index contributed by atoms with van der Waals surface area (Å²) in [5.41, 5.74) is 0.702. The number of carbonyl (C=O) groups is 2. The molecule has 0 radical (unpaired) electrons. The van der Waals surface area contributed by atoms with Gasteiger partial charge in [0.25, 0.3) is 0 Å². The summed E-state index contributed by atoms with van der Waals surface area (Å²) >= 11 is 0. The molecule has 6 nitrogen and oxygen atoms in total. The Bertz CT molecular complexity index is 659. The number of benzene rings is 1. The zero-order chi connectivity index (χ0) is 14.9. The van der Waals surface area contributed by atoms with Crippen molar-refractivity contribution in [3.8, 4) is 5.75 Å². The Hall–Kier alpha value is -2.50. The fourth-order valence-corrected chi connectivity index (χ4v) is 1.80.